The molecule has 1 amide bonds. The fraction of sp³-hybridized carbons (Fsp3) is 0.600. The van der Waals surface area contributed by atoms with Crippen LogP contribution in [0.2, 0.25) is 0 Å². The van der Waals surface area contributed by atoms with Crippen LogP contribution in [0, 0.1) is 11.8 Å². The molecule has 1 atom stereocenters. The van der Waals surface area contributed by atoms with Crippen molar-refractivity contribution in [2.45, 2.75) is 39.0 Å². The predicted molar refractivity (Wildman–Crippen MR) is 73.3 cm³/mol. The second-order valence-electron chi connectivity index (χ2n) is 6.02. The van der Waals surface area contributed by atoms with Gasteiger partial charge in [0.25, 0.3) is 11.5 Å². The number of pyridine rings is 1. The largest absolute Gasteiger partial charge is 0.352 e. The van der Waals surface area contributed by atoms with Gasteiger partial charge in [-0.05, 0) is 55.6 Å². The Morgan fingerprint density at radius 1 is 1.42 bits per heavy atom. The highest BCUT2D eigenvalue weighted by Crippen LogP contribution is 2.27. The number of rotatable bonds is 3. The Kier molecular flexibility index (Phi) is 3.17. The summed E-state index contributed by atoms with van der Waals surface area (Å²) in [6, 6.07) is 1.80. The molecule has 1 aromatic heterocycles. The van der Waals surface area contributed by atoms with E-state index in [4.69, 9.17) is 0 Å². The van der Waals surface area contributed by atoms with Gasteiger partial charge >= 0.3 is 0 Å². The minimum atomic E-state index is -0.249. The van der Waals surface area contributed by atoms with Gasteiger partial charge in [0.05, 0.1) is 0 Å². The van der Waals surface area contributed by atoms with Crippen molar-refractivity contribution >= 4 is 5.91 Å². The van der Waals surface area contributed by atoms with Crippen molar-refractivity contribution in [1.82, 2.24) is 10.3 Å². The third kappa shape index (κ3) is 2.72. The Labute approximate surface area is 112 Å². The zero-order chi connectivity index (χ0) is 13.4. The van der Waals surface area contributed by atoms with E-state index >= 15 is 0 Å². The van der Waals surface area contributed by atoms with Crippen molar-refractivity contribution in [2.24, 2.45) is 11.8 Å². The molecule has 0 aliphatic heterocycles. The first-order chi connectivity index (χ1) is 9.13. The van der Waals surface area contributed by atoms with E-state index in [1.54, 1.807) is 6.07 Å². The topological polar surface area (TPSA) is 62.0 Å². The number of hydrogen-bond donors (Lipinski definition) is 2. The van der Waals surface area contributed by atoms with Gasteiger partial charge < -0.3 is 10.3 Å². The molecule has 0 bridgehead atoms. The first kappa shape index (κ1) is 12.5. The summed E-state index contributed by atoms with van der Waals surface area (Å²) in [6.07, 6.45) is 5.36. The van der Waals surface area contributed by atoms with Crippen molar-refractivity contribution in [3.8, 4) is 0 Å². The number of nitrogens with one attached hydrogen (secondary N) is 2. The molecule has 102 valence electrons. The van der Waals surface area contributed by atoms with Crippen molar-refractivity contribution in [2.75, 3.05) is 6.54 Å². The normalized spacial score (nSPS) is 21.8. The Morgan fingerprint density at radius 2 is 2.21 bits per heavy atom. The van der Waals surface area contributed by atoms with Crippen molar-refractivity contribution < 1.29 is 4.79 Å². The van der Waals surface area contributed by atoms with E-state index < -0.39 is 0 Å². The van der Waals surface area contributed by atoms with Crippen LogP contribution in [0.5, 0.6) is 0 Å². The number of aromatic nitrogens is 1. The van der Waals surface area contributed by atoms with E-state index in [2.05, 4.69) is 17.2 Å². The maximum absolute atomic E-state index is 12.0. The Morgan fingerprint density at radius 3 is 2.95 bits per heavy atom. The first-order valence-corrected chi connectivity index (χ1v) is 7.16. The van der Waals surface area contributed by atoms with Crippen LogP contribution in [0.15, 0.2) is 10.9 Å². The molecule has 1 saturated carbocycles. The van der Waals surface area contributed by atoms with Gasteiger partial charge in [0.2, 0.25) is 0 Å². The van der Waals surface area contributed by atoms with E-state index in [0.717, 1.165) is 30.5 Å². The second-order valence-corrected chi connectivity index (χ2v) is 6.02. The van der Waals surface area contributed by atoms with Crippen LogP contribution in [-0.4, -0.2) is 17.4 Å². The molecule has 0 saturated heterocycles. The predicted octanol–water partition coefficient (Wildman–Crippen LogP) is 1.64. The van der Waals surface area contributed by atoms with Crippen LogP contribution in [0.4, 0.5) is 0 Å². The monoisotopic (exact) mass is 260 g/mol. The van der Waals surface area contributed by atoms with Crippen molar-refractivity contribution in [3.05, 3.63) is 33.2 Å². The minimum Gasteiger partial charge on any atom is -0.352 e. The zero-order valence-corrected chi connectivity index (χ0v) is 11.3. The number of amides is 1. The number of carbonyl (C=O) groups is 1. The highest BCUT2D eigenvalue weighted by Gasteiger charge is 2.24. The summed E-state index contributed by atoms with van der Waals surface area (Å²) in [6.45, 7) is 2.91. The molecule has 0 aromatic carbocycles. The van der Waals surface area contributed by atoms with Crippen LogP contribution < -0.4 is 10.9 Å². The third-order valence-electron chi connectivity index (χ3n) is 4.16. The Bertz CT molecular complexity index is 558. The summed E-state index contributed by atoms with van der Waals surface area (Å²) in [5, 5.41) is 2.86. The molecular weight excluding hydrogens is 240 g/mol. The number of hydrogen-bond acceptors (Lipinski definition) is 2. The van der Waals surface area contributed by atoms with Gasteiger partial charge in [0.15, 0.2) is 0 Å². The molecule has 3 rings (SSSR count). The zero-order valence-electron chi connectivity index (χ0n) is 11.3. The molecule has 4 nitrogen and oxygen atoms in total. The summed E-state index contributed by atoms with van der Waals surface area (Å²) >= 11 is 0. The molecule has 1 heterocycles. The van der Waals surface area contributed by atoms with E-state index in [1.165, 1.54) is 12.8 Å². The number of aryl methyl sites for hydroxylation is 1. The summed E-state index contributed by atoms with van der Waals surface area (Å²) in [5.41, 5.74) is 2.17. The van der Waals surface area contributed by atoms with E-state index in [9.17, 15) is 9.59 Å². The van der Waals surface area contributed by atoms with Crippen LogP contribution >= 0.6 is 0 Å². The quantitative estimate of drug-likeness (QED) is 0.868. The van der Waals surface area contributed by atoms with E-state index in [1.807, 2.05) is 0 Å². The molecule has 4 heteroatoms. The van der Waals surface area contributed by atoms with Crippen molar-refractivity contribution in [3.63, 3.8) is 0 Å². The smallest absolute Gasteiger partial charge is 0.261 e. The molecule has 0 spiro atoms. The van der Waals surface area contributed by atoms with Gasteiger partial charge in [0.1, 0.15) is 5.56 Å². The molecular formula is C15H20N2O2. The van der Waals surface area contributed by atoms with Gasteiger partial charge in [-0.25, -0.2) is 0 Å². The number of H-pyrrole nitrogens is 1. The van der Waals surface area contributed by atoms with Crippen LogP contribution in [0.1, 0.15) is 47.8 Å². The minimum absolute atomic E-state index is 0.228. The fourth-order valence-electron chi connectivity index (χ4n) is 2.71. The molecule has 0 unspecified atom stereocenters. The van der Waals surface area contributed by atoms with Gasteiger partial charge in [-0.1, -0.05) is 6.92 Å². The highest BCUT2D eigenvalue weighted by molar-refractivity contribution is 5.94. The number of fused-ring (bicyclic) bond motifs is 1. The van der Waals surface area contributed by atoms with Crippen LogP contribution in [0.3, 0.4) is 0 Å². The molecule has 19 heavy (non-hydrogen) atoms. The first-order valence-electron chi connectivity index (χ1n) is 7.16. The molecule has 2 aliphatic carbocycles. The lowest BCUT2D eigenvalue weighted by atomic mass is 9.87. The fourth-order valence-corrected chi connectivity index (χ4v) is 2.71. The van der Waals surface area contributed by atoms with Crippen LogP contribution in [-0.2, 0) is 12.8 Å². The highest BCUT2D eigenvalue weighted by atomic mass is 16.2. The van der Waals surface area contributed by atoms with E-state index in [0.29, 0.717) is 18.4 Å². The molecule has 2 N–H and O–H groups in total. The SMILES string of the molecule is C[C@H]1CCc2[nH]c(=O)c(C(=O)NCC3CC3)cc2C1. The summed E-state index contributed by atoms with van der Waals surface area (Å²) in [4.78, 5) is 26.9. The lowest BCUT2D eigenvalue weighted by Gasteiger charge is -2.21. The number of aromatic amines is 1. The summed E-state index contributed by atoms with van der Waals surface area (Å²) in [5.74, 6) is 1.02. The Balaban J connectivity index is 1.82. The van der Waals surface area contributed by atoms with Gasteiger partial charge in [0, 0.05) is 12.2 Å². The second kappa shape index (κ2) is 4.83. The Hall–Kier alpha value is -1.58. The molecule has 0 radical (unpaired) electrons. The third-order valence-corrected chi connectivity index (χ3v) is 4.16. The average molecular weight is 260 g/mol. The molecule has 1 fully saturated rings. The van der Waals surface area contributed by atoms with E-state index in [-0.39, 0.29) is 17.0 Å². The maximum atomic E-state index is 12.0. The summed E-state index contributed by atoms with van der Waals surface area (Å²) in [7, 11) is 0. The lowest BCUT2D eigenvalue weighted by Crippen LogP contribution is -2.32. The van der Waals surface area contributed by atoms with Gasteiger partial charge in [-0.2, -0.15) is 0 Å². The maximum Gasteiger partial charge on any atom is 0.261 e. The van der Waals surface area contributed by atoms with Gasteiger partial charge in [-0.3, -0.25) is 9.59 Å². The summed E-state index contributed by atoms with van der Waals surface area (Å²) < 4.78 is 0. The van der Waals surface area contributed by atoms with Crippen molar-refractivity contribution in [1.29, 1.82) is 0 Å². The average Bonchev–Trinajstić information content (AvgIpc) is 3.19. The van der Waals surface area contributed by atoms with Gasteiger partial charge in [-0.15, -0.1) is 0 Å². The lowest BCUT2D eigenvalue weighted by molar-refractivity contribution is 0.0950. The molecule has 1 aromatic rings. The molecule has 2 aliphatic rings. The standard InChI is InChI=1S/C15H20N2O2/c1-9-2-5-13-11(6-9)7-12(15(19)17-13)14(18)16-8-10-3-4-10/h7,9-10H,2-6,8H2,1H3,(H,16,18)(H,17,19)/t9-/m0/s1. The number of carbonyl (C=O) groups excluding carboxylic acids is 1. The van der Waals surface area contributed by atoms with Crippen LogP contribution in [0.25, 0.3) is 0 Å².